The fraction of sp³-hybridized carbons (Fsp3) is 0.333. The van der Waals surface area contributed by atoms with Gasteiger partial charge in [-0.2, -0.15) is 0 Å². The van der Waals surface area contributed by atoms with Crippen molar-refractivity contribution in [1.82, 2.24) is 4.90 Å². The molecule has 0 N–H and O–H groups in total. The Labute approximate surface area is 164 Å². The Kier molecular flexibility index (Phi) is 7.26. The highest BCUT2D eigenvalue weighted by atomic mass is 16.5. The van der Waals surface area contributed by atoms with Crippen LogP contribution in [-0.4, -0.2) is 51.8 Å². The Bertz CT molecular complexity index is 832. The summed E-state index contributed by atoms with van der Waals surface area (Å²) in [5.41, 5.74) is 2.29. The van der Waals surface area contributed by atoms with Crippen LogP contribution in [0.3, 0.4) is 0 Å². The Hall–Kier alpha value is -3.22. The maximum Gasteiger partial charge on any atom is 0.342 e. The molecule has 0 spiro atoms. The van der Waals surface area contributed by atoms with Crippen LogP contribution in [-0.2, 0) is 16.1 Å². The molecule has 1 amide bonds. The topological polar surface area (TPSA) is 74.3 Å². The van der Waals surface area contributed by atoms with Crippen molar-refractivity contribution in [2.75, 3.05) is 35.0 Å². The highest BCUT2D eigenvalue weighted by molar-refractivity contribution is 5.95. The third-order valence-corrected chi connectivity index (χ3v) is 4.22. The van der Waals surface area contributed by atoms with Gasteiger partial charge in [-0.3, -0.25) is 4.79 Å². The first-order chi connectivity index (χ1) is 13.4. The molecule has 2 rings (SSSR count). The largest absolute Gasteiger partial charge is 0.496 e. The molecule has 2 aromatic rings. The molecule has 0 saturated heterocycles. The van der Waals surface area contributed by atoms with E-state index in [-0.39, 0.29) is 23.8 Å². The van der Waals surface area contributed by atoms with Gasteiger partial charge in [0, 0.05) is 25.7 Å². The van der Waals surface area contributed by atoms with Crippen molar-refractivity contribution in [3.63, 3.8) is 0 Å². The molecule has 0 aliphatic heterocycles. The van der Waals surface area contributed by atoms with E-state index in [0.717, 1.165) is 11.1 Å². The first-order valence-electron chi connectivity index (χ1n) is 8.66. The van der Waals surface area contributed by atoms with Crippen LogP contribution in [0, 0.1) is 6.92 Å². The lowest BCUT2D eigenvalue weighted by atomic mass is 10.1. The summed E-state index contributed by atoms with van der Waals surface area (Å²) in [4.78, 5) is 26.3. The van der Waals surface area contributed by atoms with Crippen LogP contribution in [0.1, 0.15) is 21.5 Å². The van der Waals surface area contributed by atoms with Gasteiger partial charge in [0.05, 0.1) is 21.3 Å². The van der Waals surface area contributed by atoms with Gasteiger partial charge in [-0.15, -0.1) is 0 Å². The van der Waals surface area contributed by atoms with Gasteiger partial charge in [0.1, 0.15) is 11.3 Å². The second kappa shape index (κ2) is 9.64. The Morgan fingerprint density at radius 3 is 2.04 bits per heavy atom. The van der Waals surface area contributed by atoms with Crippen molar-refractivity contribution < 1.29 is 28.5 Å². The van der Waals surface area contributed by atoms with Crippen LogP contribution in [0.4, 0.5) is 0 Å². The predicted octanol–water partition coefficient (Wildman–Crippen LogP) is 2.84. The summed E-state index contributed by atoms with van der Waals surface area (Å²) in [5.74, 6) is 0.0502. The van der Waals surface area contributed by atoms with Crippen LogP contribution >= 0.6 is 0 Å². The van der Waals surface area contributed by atoms with E-state index < -0.39 is 5.97 Å². The molecule has 0 aromatic heterocycles. The maximum atomic E-state index is 12.4. The third kappa shape index (κ3) is 5.16. The molecule has 28 heavy (non-hydrogen) atoms. The molecular formula is C21H25NO6. The predicted molar refractivity (Wildman–Crippen MR) is 104 cm³/mol. The van der Waals surface area contributed by atoms with Gasteiger partial charge in [-0.25, -0.2) is 4.79 Å². The van der Waals surface area contributed by atoms with Crippen LogP contribution in [0.25, 0.3) is 0 Å². The third-order valence-electron chi connectivity index (χ3n) is 4.22. The number of amides is 1. The van der Waals surface area contributed by atoms with Crippen LogP contribution in [0.5, 0.6) is 17.2 Å². The molecular weight excluding hydrogens is 362 g/mol. The lowest BCUT2D eigenvalue weighted by Gasteiger charge is -2.18. The zero-order chi connectivity index (χ0) is 20.7. The van der Waals surface area contributed by atoms with Crippen LogP contribution in [0.15, 0.2) is 36.4 Å². The zero-order valence-corrected chi connectivity index (χ0v) is 16.8. The van der Waals surface area contributed by atoms with E-state index in [1.165, 1.54) is 38.4 Å². The molecule has 150 valence electrons. The summed E-state index contributed by atoms with van der Waals surface area (Å²) in [6, 6.07) is 10.9. The fourth-order valence-corrected chi connectivity index (χ4v) is 2.56. The monoisotopic (exact) mass is 387 g/mol. The molecule has 0 heterocycles. The standard InChI is InChI=1S/C21H25NO6/c1-14-6-8-15(9-7-14)12-22(2)20(23)13-28-21(24)16-10-18(26-4)19(27-5)11-17(16)25-3/h6-11H,12-13H2,1-5H3. The molecule has 0 atom stereocenters. The highest BCUT2D eigenvalue weighted by Gasteiger charge is 2.20. The van der Waals surface area contributed by atoms with Crippen molar-refractivity contribution in [3.8, 4) is 17.2 Å². The van der Waals surface area contributed by atoms with Gasteiger partial charge in [0.2, 0.25) is 0 Å². The maximum absolute atomic E-state index is 12.4. The average Bonchev–Trinajstić information content (AvgIpc) is 2.72. The molecule has 0 saturated carbocycles. The van der Waals surface area contributed by atoms with Gasteiger partial charge in [0.25, 0.3) is 5.91 Å². The first kappa shape index (κ1) is 21.1. The van der Waals surface area contributed by atoms with Gasteiger partial charge < -0.3 is 23.8 Å². The highest BCUT2D eigenvalue weighted by Crippen LogP contribution is 2.34. The van der Waals surface area contributed by atoms with Gasteiger partial charge in [0.15, 0.2) is 18.1 Å². The van der Waals surface area contributed by atoms with Crippen molar-refractivity contribution in [2.24, 2.45) is 0 Å². The number of methoxy groups -OCH3 is 3. The normalized spacial score (nSPS) is 10.2. The quantitative estimate of drug-likeness (QED) is 0.649. The van der Waals surface area contributed by atoms with E-state index in [2.05, 4.69) is 0 Å². The van der Waals surface area contributed by atoms with Crippen molar-refractivity contribution in [1.29, 1.82) is 0 Å². The number of ether oxygens (including phenoxy) is 4. The lowest BCUT2D eigenvalue weighted by molar-refractivity contribution is -0.133. The van der Waals surface area contributed by atoms with Gasteiger partial charge >= 0.3 is 5.97 Å². The Balaban J connectivity index is 2.02. The summed E-state index contributed by atoms with van der Waals surface area (Å²) in [6.45, 7) is 2.05. The minimum absolute atomic E-state index is 0.147. The molecule has 7 heteroatoms. The molecule has 0 unspecified atom stereocenters. The average molecular weight is 387 g/mol. The number of carbonyl (C=O) groups is 2. The van der Waals surface area contributed by atoms with Crippen LogP contribution in [0.2, 0.25) is 0 Å². The molecule has 0 bridgehead atoms. The van der Waals surface area contributed by atoms with E-state index in [1.807, 2.05) is 31.2 Å². The van der Waals surface area contributed by atoms with E-state index in [0.29, 0.717) is 18.0 Å². The molecule has 0 fully saturated rings. The zero-order valence-electron chi connectivity index (χ0n) is 16.8. The summed E-state index contributed by atoms with van der Waals surface area (Å²) in [6.07, 6.45) is 0. The molecule has 0 radical (unpaired) electrons. The molecule has 0 aliphatic carbocycles. The fourth-order valence-electron chi connectivity index (χ4n) is 2.56. The number of rotatable bonds is 8. The van der Waals surface area contributed by atoms with Crippen molar-refractivity contribution in [2.45, 2.75) is 13.5 Å². The number of carbonyl (C=O) groups excluding carboxylic acids is 2. The van der Waals surface area contributed by atoms with E-state index in [4.69, 9.17) is 18.9 Å². The van der Waals surface area contributed by atoms with Gasteiger partial charge in [-0.05, 0) is 12.5 Å². The Morgan fingerprint density at radius 1 is 0.893 bits per heavy atom. The SMILES string of the molecule is COc1cc(OC)c(C(=O)OCC(=O)N(C)Cc2ccc(C)cc2)cc1OC. The smallest absolute Gasteiger partial charge is 0.342 e. The number of nitrogens with zero attached hydrogens (tertiary/aromatic N) is 1. The lowest BCUT2D eigenvalue weighted by Crippen LogP contribution is -2.30. The number of likely N-dealkylation sites (N-methyl/N-ethyl adjacent to an activating group) is 1. The second-order valence-corrected chi connectivity index (χ2v) is 6.22. The summed E-state index contributed by atoms with van der Waals surface area (Å²) >= 11 is 0. The second-order valence-electron chi connectivity index (χ2n) is 6.22. The van der Waals surface area contributed by atoms with E-state index >= 15 is 0 Å². The minimum Gasteiger partial charge on any atom is -0.496 e. The van der Waals surface area contributed by atoms with Crippen LogP contribution < -0.4 is 14.2 Å². The van der Waals surface area contributed by atoms with Crippen molar-refractivity contribution in [3.05, 3.63) is 53.1 Å². The van der Waals surface area contributed by atoms with Gasteiger partial charge in [-0.1, -0.05) is 29.8 Å². The summed E-state index contributed by atoms with van der Waals surface area (Å²) < 4.78 is 20.8. The molecule has 0 aliphatic rings. The summed E-state index contributed by atoms with van der Waals surface area (Å²) in [5, 5.41) is 0. The number of aryl methyl sites for hydroxylation is 1. The van der Waals surface area contributed by atoms with E-state index in [1.54, 1.807) is 7.05 Å². The number of hydrogen-bond acceptors (Lipinski definition) is 6. The van der Waals surface area contributed by atoms with E-state index in [9.17, 15) is 9.59 Å². The number of esters is 1. The molecule has 7 nitrogen and oxygen atoms in total. The first-order valence-corrected chi connectivity index (χ1v) is 8.66. The number of hydrogen-bond donors (Lipinski definition) is 0. The van der Waals surface area contributed by atoms with Crippen molar-refractivity contribution >= 4 is 11.9 Å². The summed E-state index contributed by atoms with van der Waals surface area (Å²) in [7, 11) is 6.03. The Morgan fingerprint density at radius 2 is 1.46 bits per heavy atom. The minimum atomic E-state index is -0.685. The number of benzene rings is 2. The molecule has 2 aromatic carbocycles.